The van der Waals surface area contributed by atoms with E-state index >= 15 is 0 Å². The number of benzene rings is 2. The largest absolute Gasteiger partial charge is 0.493 e. The fourth-order valence-electron chi connectivity index (χ4n) is 3.04. The number of hydrogen-bond donors (Lipinski definition) is 1. The molecular formula is C18H18ClNO4. The normalized spacial score (nSPS) is 18.0. The van der Waals surface area contributed by atoms with E-state index in [0.29, 0.717) is 23.9 Å². The molecule has 2 aromatic carbocycles. The lowest BCUT2D eigenvalue weighted by Gasteiger charge is -2.27. The van der Waals surface area contributed by atoms with Gasteiger partial charge in [0.1, 0.15) is 6.61 Å². The van der Waals surface area contributed by atoms with E-state index in [4.69, 9.17) is 30.5 Å². The van der Waals surface area contributed by atoms with Gasteiger partial charge >= 0.3 is 0 Å². The molecule has 24 heavy (non-hydrogen) atoms. The number of halogens is 1. The van der Waals surface area contributed by atoms with Gasteiger partial charge in [-0.25, -0.2) is 0 Å². The molecule has 5 nitrogen and oxygen atoms in total. The molecule has 0 unspecified atom stereocenters. The summed E-state index contributed by atoms with van der Waals surface area (Å²) in [6.45, 7) is 1.48. The summed E-state index contributed by atoms with van der Waals surface area (Å²) in [6, 6.07) is 9.92. The molecule has 0 aromatic heterocycles. The van der Waals surface area contributed by atoms with Crippen molar-refractivity contribution >= 4 is 11.6 Å². The van der Waals surface area contributed by atoms with Crippen LogP contribution in [0.3, 0.4) is 0 Å². The average Bonchev–Trinajstić information content (AvgIpc) is 3.05. The second-order valence-corrected chi connectivity index (χ2v) is 6.25. The molecule has 0 amide bonds. The van der Waals surface area contributed by atoms with Gasteiger partial charge in [0.2, 0.25) is 6.79 Å². The van der Waals surface area contributed by atoms with E-state index in [0.717, 1.165) is 34.8 Å². The molecule has 2 aliphatic heterocycles. The zero-order valence-electron chi connectivity index (χ0n) is 13.3. The fourth-order valence-corrected chi connectivity index (χ4v) is 3.26. The summed E-state index contributed by atoms with van der Waals surface area (Å²) in [7, 11) is 1.66. The number of rotatable bonds is 4. The van der Waals surface area contributed by atoms with Gasteiger partial charge in [0.25, 0.3) is 0 Å². The third kappa shape index (κ3) is 2.85. The fraction of sp³-hybridized carbons (Fsp3) is 0.333. The Hall–Kier alpha value is -2.11. The van der Waals surface area contributed by atoms with Gasteiger partial charge in [0, 0.05) is 23.7 Å². The van der Waals surface area contributed by atoms with Crippen LogP contribution in [0.2, 0.25) is 5.02 Å². The molecule has 1 N–H and O–H groups in total. The van der Waals surface area contributed by atoms with Gasteiger partial charge in [-0.15, -0.1) is 0 Å². The zero-order chi connectivity index (χ0) is 16.5. The van der Waals surface area contributed by atoms with Crippen LogP contribution in [0.25, 0.3) is 0 Å². The van der Waals surface area contributed by atoms with Crippen molar-refractivity contribution < 1.29 is 18.9 Å². The summed E-state index contributed by atoms with van der Waals surface area (Å²) in [6.07, 6.45) is 0.884. The van der Waals surface area contributed by atoms with E-state index in [1.165, 1.54) is 0 Å². The predicted molar refractivity (Wildman–Crippen MR) is 90.4 cm³/mol. The van der Waals surface area contributed by atoms with Crippen LogP contribution in [0.4, 0.5) is 0 Å². The first-order valence-electron chi connectivity index (χ1n) is 7.84. The maximum Gasteiger partial charge on any atom is 0.231 e. The van der Waals surface area contributed by atoms with Crippen LogP contribution in [-0.4, -0.2) is 26.6 Å². The van der Waals surface area contributed by atoms with Crippen molar-refractivity contribution in [2.24, 2.45) is 0 Å². The summed E-state index contributed by atoms with van der Waals surface area (Å²) in [5, 5.41) is 4.17. The molecule has 0 bridgehead atoms. The molecule has 0 saturated carbocycles. The second kappa shape index (κ2) is 6.42. The highest BCUT2D eigenvalue weighted by Gasteiger charge is 2.23. The van der Waals surface area contributed by atoms with Crippen LogP contribution in [0.15, 0.2) is 30.3 Å². The number of nitrogens with one attached hydrogen (secondary N) is 1. The first-order chi connectivity index (χ1) is 11.7. The Morgan fingerprint density at radius 2 is 2.04 bits per heavy atom. The minimum atomic E-state index is 0.214. The lowest BCUT2D eigenvalue weighted by atomic mass is 10.0. The monoisotopic (exact) mass is 347 g/mol. The molecule has 2 heterocycles. The van der Waals surface area contributed by atoms with Crippen molar-refractivity contribution in [1.82, 2.24) is 5.32 Å². The molecule has 2 aromatic rings. The number of hydrogen-bond acceptors (Lipinski definition) is 5. The van der Waals surface area contributed by atoms with Crippen molar-refractivity contribution in [2.45, 2.75) is 19.0 Å². The van der Waals surface area contributed by atoms with Crippen molar-refractivity contribution in [1.29, 1.82) is 0 Å². The van der Waals surface area contributed by atoms with Gasteiger partial charge in [-0.2, -0.15) is 0 Å². The molecule has 0 fully saturated rings. The maximum atomic E-state index is 6.32. The summed E-state index contributed by atoms with van der Waals surface area (Å²) in [5.74, 6) is 3.07. The van der Waals surface area contributed by atoms with Gasteiger partial charge in [-0.1, -0.05) is 23.7 Å². The molecule has 0 saturated heterocycles. The number of fused-ring (bicyclic) bond motifs is 2. The Balaban J connectivity index is 1.44. The highest BCUT2D eigenvalue weighted by molar-refractivity contribution is 6.31. The first kappa shape index (κ1) is 15.4. The molecule has 0 aliphatic carbocycles. The molecule has 126 valence electrons. The molecule has 4 rings (SSSR count). The van der Waals surface area contributed by atoms with E-state index in [9.17, 15) is 0 Å². The summed E-state index contributed by atoms with van der Waals surface area (Å²) < 4.78 is 22.0. The van der Waals surface area contributed by atoms with Gasteiger partial charge in [-0.05, 0) is 29.7 Å². The van der Waals surface area contributed by atoms with E-state index in [1.54, 1.807) is 13.2 Å². The third-order valence-corrected chi connectivity index (χ3v) is 4.65. The first-order valence-corrected chi connectivity index (χ1v) is 8.22. The third-order valence-electron chi connectivity index (χ3n) is 4.30. The Labute approximate surface area is 145 Å². The predicted octanol–water partition coefficient (Wildman–Crippen LogP) is 3.17. The second-order valence-electron chi connectivity index (χ2n) is 5.84. The minimum Gasteiger partial charge on any atom is -0.493 e. The van der Waals surface area contributed by atoms with Crippen molar-refractivity contribution in [3.63, 3.8) is 0 Å². The molecule has 0 radical (unpaired) electrons. The number of ether oxygens (including phenoxy) is 4. The van der Waals surface area contributed by atoms with Crippen LogP contribution >= 0.6 is 11.6 Å². The van der Waals surface area contributed by atoms with Crippen molar-refractivity contribution in [3.8, 4) is 23.0 Å². The zero-order valence-corrected chi connectivity index (χ0v) is 14.1. The lowest BCUT2D eigenvalue weighted by molar-refractivity contribution is 0.174. The Kier molecular flexibility index (Phi) is 4.12. The standard InChI is InChI=1S/C18H18ClNO4/c1-21-15-4-2-3-11-5-13(9-22-18(11)15)20-8-12-6-16-17(7-14(12)19)24-10-23-16/h2-4,6-7,13,20H,5,8-10H2,1H3/t13-/m0/s1. The Morgan fingerprint density at radius 3 is 2.88 bits per heavy atom. The topological polar surface area (TPSA) is 49.0 Å². The van der Waals surface area contributed by atoms with Crippen LogP contribution in [0.1, 0.15) is 11.1 Å². The van der Waals surface area contributed by atoms with Crippen molar-refractivity contribution in [2.75, 3.05) is 20.5 Å². The van der Waals surface area contributed by atoms with Gasteiger partial charge in [0.15, 0.2) is 23.0 Å². The average molecular weight is 348 g/mol. The molecule has 2 aliphatic rings. The molecular weight excluding hydrogens is 330 g/mol. The van der Waals surface area contributed by atoms with Gasteiger partial charge < -0.3 is 24.3 Å². The van der Waals surface area contributed by atoms with E-state index in [2.05, 4.69) is 11.4 Å². The van der Waals surface area contributed by atoms with Crippen molar-refractivity contribution in [3.05, 3.63) is 46.5 Å². The van der Waals surface area contributed by atoms with Crippen LogP contribution in [0, 0.1) is 0 Å². The Morgan fingerprint density at radius 1 is 1.21 bits per heavy atom. The smallest absolute Gasteiger partial charge is 0.231 e. The molecule has 0 spiro atoms. The highest BCUT2D eigenvalue weighted by atomic mass is 35.5. The van der Waals surface area contributed by atoms with E-state index in [1.807, 2.05) is 18.2 Å². The van der Waals surface area contributed by atoms with Crippen LogP contribution in [-0.2, 0) is 13.0 Å². The summed E-state index contributed by atoms with van der Waals surface area (Å²) in [5.41, 5.74) is 2.13. The maximum absolute atomic E-state index is 6.32. The lowest BCUT2D eigenvalue weighted by Crippen LogP contribution is -2.39. The van der Waals surface area contributed by atoms with Crippen LogP contribution in [0.5, 0.6) is 23.0 Å². The summed E-state index contributed by atoms with van der Waals surface area (Å²) in [4.78, 5) is 0. The van der Waals surface area contributed by atoms with E-state index in [-0.39, 0.29) is 12.8 Å². The Bertz CT molecular complexity index is 765. The highest BCUT2D eigenvalue weighted by Crippen LogP contribution is 2.37. The van der Waals surface area contributed by atoms with E-state index < -0.39 is 0 Å². The molecule has 6 heteroatoms. The molecule has 1 atom stereocenters. The van der Waals surface area contributed by atoms with Crippen LogP contribution < -0.4 is 24.3 Å². The quantitative estimate of drug-likeness (QED) is 0.920. The number of para-hydroxylation sites is 1. The van der Waals surface area contributed by atoms with Gasteiger partial charge in [-0.3, -0.25) is 0 Å². The number of methoxy groups -OCH3 is 1. The SMILES string of the molecule is COc1cccc2c1OC[C@@H](NCc1cc3c(cc1Cl)OCO3)C2. The summed E-state index contributed by atoms with van der Waals surface area (Å²) >= 11 is 6.32. The minimum absolute atomic E-state index is 0.214. The van der Waals surface area contributed by atoms with Gasteiger partial charge in [0.05, 0.1) is 7.11 Å².